The van der Waals surface area contributed by atoms with Gasteiger partial charge in [-0.05, 0) is 98.4 Å². The zero-order chi connectivity index (χ0) is 20.6. The standard InChI is InChI=1S/C23H33F3N2O/c1-21-9-7-14(29)11-13(21)3-4-15-16-5-6-18(22(16,2)10-8-17(15)21)19-12-20(28-27-19)23(24,25)26/h12-18,29H,3-11H2,1-2H3,(H,27,28)/t13-,14-,15+,16+,17+,18-,21+,22+/m1/s1. The summed E-state index contributed by atoms with van der Waals surface area (Å²) in [5, 5.41) is 16.5. The third-order valence-electron chi connectivity index (χ3n) is 9.90. The fraction of sp³-hybridized carbons (Fsp3) is 0.870. The lowest BCUT2D eigenvalue weighted by atomic mass is 9.44. The molecule has 4 fully saturated rings. The smallest absolute Gasteiger partial charge is 0.393 e. The van der Waals surface area contributed by atoms with Gasteiger partial charge in [0.1, 0.15) is 0 Å². The van der Waals surface area contributed by atoms with Gasteiger partial charge < -0.3 is 5.11 Å². The lowest BCUT2D eigenvalue weighted by Crippen LogP contribution is -2.53. The topological polar surface area (TPSA) is 48.9 Å². The van der Waals surface area contributed by atoms with Crippen molar-refractivity contribution in [2.75, 3.05) is 0 Å². The van der Waals surface area contributed by atoms with Gasteiger partial charge in [-0.15, -0.1) is 0 Å². The van der Waals surface area contributed by atoms with Crippen LogP contribution in [0.5, 0.6) is 0 Å². The van der Waals surface area contributed by atoms with E-state index in [0.717, 1.165) is 38.5 Å². The average Bonchev–Trinajstić information content (AvgIpc) is 3.26. The van der Waals surface area contributed by atoms with Crippen molar-refractivity contribution in [1.82, 2.24) is 10.2 Å². The molecular weight excluding hydrogens is 377 g/mol. The van der Waals surface area contributed by atoms with Crippen LogP contribution in [0.3, 0.4) is 0 Å². The molecule has 0 amide bonds. The van der Waals surface area contributed by atoms with Crippen molar-refractivity contribution >= 4 is 0 Å². The van der Waals surface area contributed by atoms with E-state index in [4.69, 9.17) is 0 Å². The van der Waals surface area contributed by atoms with Crippen LogP contribution >= 0.6 is 0 Å². The van der Waals surface area contributed by atoms with Crippen molar-refractivity contribution in [2.24, 2.45) is 34.5 Å². The Morgan fingerprint density at radius 2 is 1.72 bits per heavy atom. The van der Waals surface area contributed by atoms with Crippen molar-refractivity contribution in [3.05, 3.63) is 17.5 Å². The van der Waals surface area contributed by atoms with Crippen LogP contribution in [-0.2, 0) is 6.18 Å². The second-order valence-electron chi connectivity index (χ2n) is 11.0. The maximum Gasteiger partial charge on any atom is 0.435 e. The van der Waals surface area contributed by atoms with Gasteiger partial charge in [0, 0.05) is 11.6 Å². The highest BCUT2D eigenvalue weighted by Crippen LogP contribution is 2.68. The molecule has 2 N–H and O–H groups in total. The molecule has 29 heavy (non-hydrogen) atoms. The van der Waals surface area contributed by atoms with Gasteiger partial charge in [-0.1, -0.05) is 13.8 Å². The highest BCUT2D eigenvalue weighted by Gasteiger charge is 2.60. The molecule has 3 nitrogen and oxygen atoms in total. The maximum atomic E-state index is 13.1. The van der Waals surface area contributed by atoms with Gasteiger partial charge in [-0.2, -0.15) is 18.3 Å². The molecule has 0 radical (unpaired) electrons. The number of hydrogen-bond donors (Lipinski definition) is 2. The maximum absolute atomic E-state index is 13.1. The van der Waals surface area contributed by atoms with Gasteiger partial charge in [0.2, 0.25) is 0 Å². The Balaban J connectivity index is 1.40. The predicted octanol–water partition coefficient (Wildman–Crippen LogP) is 5.92. The molecule has 1 heterocycles. The number of aromatic nitrogens is 2. The van der Waals surface area contributed by atoms with E-state index in [2.05, 4.69) is 24.0 Å². The van der Waals surface area contributed by atoms with E-state index in [9.17, 15) is 18.3 Å². The number of rotatable bonds is 1. The Labute approximate surface area is 170 Å². The molecule has 162 valence electrons. The van der Waals surface area contributed by atoms with Gasteiger partial charge in [0.25, 0.3) is 0 Å². The SMILES string of the molecule is C[C@]12CC[C@@H](O)C[C@H]1CC[C@@H]1[C@@H]2CC[C@]2(C)[C@@H](c3cc(C(F)(F)F)n[nH]3)CC[C@@H]12. The predicted molar refractivity (Wildman–Crippen MR) is 104 cm³/mol. The van der Waals surface area contributed by atoms with Crippen LogP contribution < -0.4 is 0 Å². The number of aliphatic hydroxyl groups is 1. The molecule has 4 aliphatic carbocycles. The monoisotopic (exact) mass is 410 g/mol. The van der Waals surface area contributed by atoms with E-state index in [1.165, 1.54) is 25.3 Å². The van der Waals surface area contributed by atoms with Crippen molar-refractivity contribution in [1.29, 1.82) is 0 Å². The van der Waals surface area contributed by atoms with Crippen LogP contribution in [0.2, 0.25) is 0 Å². The molecule has 0 aromatic carbocycles. The number of fused-ring (bicyclic) bond motifs is 5. The molecule has 0 aliphatic heterocycles. The van der Waals surface area contributed by atoms with Gasteiger partial charge in [0.15, 0.2) is 5.69 Å². The molecule has 5 rings (SSSR count). The Kier molecular flexibility index (Phi) is 4.44. The zero-order valence-electron chi connectivity index (χ0n) is 17.4. The first-order valence-electron chi connectivity index (χ1n) is 11.4. The highest BCUT2D eigenvalue weighted by molar-refractivity contribution is 5.22. The molecule has 4 saturated carbocycles. The van der Waals surface area contributed by atoms with E-state index >= 15 is 0 Å². The van der Waals surface area contributed by atoms with Gasteiger partial charge in [-0.25, -0.2) is 0 Å². The highest BCUT2D eigenvalue weighted by atomic mass is 19.4. The fourth-order valence-electron chi connectivity index (χ4n) is 8.41. The number of aliphatic hydroxyl groups excluding tert-OH is 1. The number of nitrogens with zero attached hydrogens (tertiary/aromatic N) is 1. The van der Waals surface area contributed by atoms with Crippen molar-refractivity contribution in [3.8, 4) is 0 Å². The molecule has 1 aromatic heterocycles. The van der Waals surface area contributed by atoms with Crippen molar-refractivity contribution in [3.63, 3.8) is 0 Å². The Hall–Kier alpha value is -1.04. The van der Waals surface area contributed by atoms with Crippen LogP contribution in [0.25, 0.3) is 0 Å². The summed E-state index contributed by atoms with van der Waals surface area (Å²) in [6, 6.07) is 1.26. The summed E-state index contributed by atoms with van der Waals surface area (Å²) in [4.78, 5) is 0. The first-order chi connectivity index (χ1) is 13.6. The molecule has 0 bridgehead atoms. The minimum absolute atomic E-state index is 0.0634. The summed E-state index contributed by atoms with van der Waals surface area (Å²) in [5.41, 5.74) is 0.288. The summed E-state index contributed by atoms with van der Waals surface area (Å²) in [7, 11) is 0. The van der Waals surface area contributed by atoms with E-state index in [1.807, 2.05) is 0 Å². The molecule has 0 unspecified atom stereocenters. The van der Waals surface area contributed by atoms with Gasteiger partial charge in [-0.3, -0.25) is 5.10 Å². The second-order valence-corrected chi connectivity index (χ2v) is 11.0. The first-order valence-corrected chi connectivity index (χ1v) is 11.4. The third kappa shape index (κ3) is 2.91. The largest absolute Gasteiger partial charge is 0.435 e. The summed E-state index contributed by atoms with van der Waals surface area (Å²) in [6.07, 6.45) is 5.27. The van der Waals surface area contributed by atoms with Crippen LogP contribution in [0.1, 0.15) is 88.9 Å². The summed E-state index contributed by atoms with van der Waals surface area (Å²) < 4.78 is 39.2. The molecule has 8 atom stereocenters. The Morgan fingerprint density at radius 1 is 1.00 bits per heavy atom. The van der Waals surface area contributed by atoms with Crippen LogP contribution in [0.15, 0.2) is 6.07 Å². The van der Waals surface area contributed by atoms with E-state index in [0.29, 0.717) is 34.8 Å². The molecule has 4 aliphatic rings. The van der Waals surface area contributed by atoms with Crippen LogP contribution in [0.4, 0.5) is 13.2 Å². The normalized spacial score (nSPS) is 47.4. The summed E-state index contributed by atoms with van der Waals surface area (Å²) >= 11 is 0. The number of hydrogen-bond acceptors (Lipinski definition) is 2. The number of H-pyrrole nitrogens is 1. The number of nitrogens with one attached hydrogen (secondary N) is 1. The Morgan fingerprint density at radius 3 is 2.45 bits per heavy atom. The van der Waals surface area contributed by atoms with E-state index < -0.39 is 11.9 Å². The molecule has 0 spiro atoms. The zero-order valence-corrected chi connectivity index (χ0v) is 17.4. The average molecular weight is 411 g/mol. The molecule has 6 heteroatoms. The van der Waals surface area contributed by atoms with Gasteiger partial charge >= 0.3 is 6.18 Å². The summed E-state index contributed by atoms with van der Waals surface area (Å²) in [6.45, 7) is 4.80. The van der Waals surface area contributed by atoms with Crippen molar-refractivity contribution in [2.45, 2.75) is 89.8 Å². The number of aromatic amines is 1. The fourth-order valence-corrected chi connectivity index (χ4v) is 8.41. The second kappa shape index (κ2) is 6.48. The van der Waals surface area contributed by atoms with Crippen LogP contribution in [0, 0.1) is 34.5 Å². The molecular formula is C23H33F3N2O. The number of halogens is 3. The molecule has 1 aromatic rings. The summed E-state index contributed by atoms with van der Waals surface area (Å²) in [5.74, 6) is 2.76. The molecule has 0 saturated heterocycles. The quantitative estimate of drug-likeness (QED) is 0.604. The van der Waals surface area contributed by atoms with Crippen molar-refractivity contribution < 1.29 is 18.3 Å². The van der Waals surface area contributed by atoms with Gasteiger partial charge in [0.05, 0.1) is 6.10 Å². The third-order valence-corrected chi connectivity index (χ3v) is 9.90. The lowest BCUT2D eigenvalue weighted by molar-refractivity contribution is -0.141. The van der Waals surface area contributed by atoms with Crippen LogP contribution in [-0.4, -0.2) is 21.4 Å². The minimum Gasteiger partial charge on any atom is -0.393 e. The number of alkyl halides is 3. The van der Waals surface area contributed by atoms with E-state index in [-0.39, 0.29) is 17.4 Å². The lowest BCUT2D eigenvalue weighted by Gasteiger charge is -2.61. The van der Waals surface area contributed by atoms with E-state index in [1.54, 1.807) is 0 Å². The first kappa shape index (κ1) is 19.9. The minimum atomic E-state index is -4.39. The Bertz CT molecular complexity index is 776.